The molecule has 17 heavy (non-hydrogen) atoms. The molecule has 1 rings (SSSR count). The van der Waals surface area contributed by atoms with Crippen LogP contribution in [0.1, 0.15) is 26.2 Å². The average Bonchev–Trinajstić information content (AvgIpc) is 2.26. The summed E-state index contributed by atoms with van der Waals surface area (Å²) in [6.45, 7) is 3.20. The fourth-order valence-electron chi connectivity index (χ4n) is 2.19. The maximum atomic E-state index is 11.9. The Balaban J connectivity index is 2.23. The highest BCUT2D eigenvalue weighted by atomic mass is 16.5. The number of aliphatic hydroxyl groups is 2. The summed E-state index contributed by atoms with van der Waals surface area (Å²) in [5, 5.41) is 17.7. The lowest BCUT2D eigenvalue weighted by molar-refractivity contribution is -0.135. The summed E-state index contributed by atoms with van der Waals surface area (Å²) in [7, 11) is 0. The Bertz CT molecular complexity index is 223. The van der Waals surface area contributed by atoms with Crippen LogP contribution in [0.2, 0.25) is 0 Å². The minimum Gasteiger partial charge on any atom is -0.395 e. The van der Waals surface area contributed by atoms with E-state index in [0.717, 1.165) is 19.4 Å². The van der Waals surface area contributed by atoms with E-state index in [2.05, 4.69) is 0 Å². The molecule has 5 heteroatoms. The molecule has 0 unspecified atom stereocenters. The highest BCUT2D eigenvalue weighted by Gasteiger charge is 2.32. The molecule has 0 aromatic heterocycles. The molecular weight excluding hydrogens is 222 g/mol. The Hall–Kier alpha value is -0.650. The molecule has 0 atom stereocenters. The maximum absolute atomic E-state index is 11.9. The molecule has 1 aliphatic rings. The minimum absolute atomic E-state index is 0.0213. The standard InChI is InChI=1S/C12H23NO4/c1-2-17-11-7-10(8-11)9-12(16)13(3-5-14)4-6-15/h10-11,14-15H,2-9H2,1H3. The second-order valence-corrected chi connectivity index (χ2v) is 4.45. The lowest BCUT2D eigenvalue weighted by atomic mass is 9.79. The Morgan fingerprint density at radius 2 is 1.88 bits per heavy atom. The van der Waals surface area contributed by atoms with Crippen molar-refractivity contribution in [1.29, 1.82) is 0 Å². The summed E-state index contributed by atoms with van der Waals surface area (Å²) in [6, 6.07) is 0. The summed E-state index contributed by atoms with van der Waals surface area (Å²) < 4.78 is 5.44. The molecular formula is C12H23NO4. The van der Waals surface area contributed by atoms with Gasteiger partial charge in [-0.05, 0) is 25.7 Å². The van der Waals surface area contributed by atoms with Crippen molar-refractivity contribution in [3.8, 4) is 0 Å². The van der Waals surface area contributed by atoms with Crippen LogP contribution in [-0.2, 0) is 9.53 Å². The second kappa shape index (κ2) is 7.63. The van der Waals surface area contributed by atoms with Gasteiger partial charge in [0, 0.05) is 26.1 Å². The van der Waals surface area contributed by atoms with E-state index in [4.69, 9.17) is 14.9 Å². The number of ether oxygens (including phenoxy) is 1. The van der Waals surface area contributed by atoms with E-state index in [1.54, 1.807) is 0 Å². The molecule has 0 aromatic rings. The van der Waals surface area contributed by atoms with Crippen molar-refractivity contribution in [3.63, 3.8) is 0 Å². The number of carbonyl (C=O) groups is 1. The van der Waals surface area contributed by atoms with Crippen molar-refractivity contribution >= 4 is 5.91 Å². The minimum atomic E-state index is -0.0576. The molecule has 0 saturated heterocycles. The first kappa shape index (κ1) is 14.4. The van der Waals surface area contributed by atoms with Crippen LogP contribution in [-0.4, -0.2) is 60.0 Å². The zero-order chi connectivity index (χ0) is 12.7. The molecule has 1 amide bonds. The summed E-state index contributed by atoms with van der Waals surface area (Å²) in [5.74, 6) is 0.423. The molecule has 0 aromatic carbocycles. The number of aliphatic hydroxyl groups excluding tert-OH is 2. The molecule has 2 N–H and O–H groups in total. The summed E-state index contributed by atoms with van der Waals surface area (Å²) >= 11 is 0. The van der Waals surface area contributed by atoms with Crippen LogP contribution in [0, 0.1) is 5.92 Å². The van der Waals surface area contributed by atoms with Crippen LogP contribution in [0.4, 0.5) is 0 Å². The smallest absolute Gasteiger partial charge is 0.223 e. The van der Waals surface area contributed by atoms with E-state index in [-0.39, 0.29) is 19.1 Å². The molecule has 0 radical (unpaired) electrons. The largest absolute Gasteiger partial charge is 0.395 e. The Labute approximate surface area is 102 Å². The third kappa shape index (κ3) is 4.61. The van der Waals surface area contributed by atoms with Crippen molar-refractivity contribution < 1.29 is 19.7 Å². The number of carbonyl (C=O) groups excluding carboxylic acids is 1. The highest BCUT2D eigenvalue weighted by molar-refractivity contribution is 5.76. The van der Waals surface area contributed by atoms with Gasteiger partial charge in [0.25, 0.3) is 0 Å². The quantitative estimate of drug-likeness (QED) is 0.632. The normalized spacial score (nSPS) is 23.2. The van der Waals surface area contributed by atoms with Gasteiger partial charge in [-0.1, -0.05) is 0 Å². The van der Waals surface area contributed by atoms with Crippen LogP contribution >= 0.6 is 0 Å². The van der Waals surface area contributed by atoms with Crippen molar-refractivity contribution in [1.82, 2.24) is 4.90 Å². The van der Waals surface area contributed by atoms with Gasteiger partial charge in [-0.2, -0.15) is 0 Å². The van der Waals surface area contributed by atoms with E-state index in [1.807, 2.05) is 6.92 Å². The van der Waals surface area contributed by atoms with Gasteiger partial charge >= 0.3 is 0 Å². The molecule has 0 spiro atoms. The number of nitrogens with zero attached hydrogens (tertiary/aromatic N) is 1. The lowest BCUT2D eigenvalue weighted by Gasteiger charge is -2.35. The van der Waals surface area contributed by atoms with Crippen molar-refractivity contribution in [2.45, 2.75) is 32.3 Å². The van der Waals surface area contributed by atoms with Crippen molar-refractivity contribution in [2.24, 2.45) is 5.92 Å². The maximum Gasteiger partial charge on any atom is 0.223 e. The number of hydrogen-bond donors (Lipinski definition) is 2. The average molecular weight is 245 g/mol. The van der Waals surface area contributed by atoms with Gasteiger partial charge < -0.3 is 19.8 Å². The van der Waals surface area contributed by atoms with Crippen LogP contribution in [0.15, 0.2) is 0 Å². The fraction of sp³-hybridized carbons (Fsp3) is 0.917. The Morgan fingerprint density at radius 1 is 1.29 bits per heavy atom. The van der Waals surface area contributed by atoms with Crippen LogP contribution in [0.5, 0.6) is 0 Å². The first-order valence-corrected chi connectivity index (χ1v) is 6.32. The van der Waals surface area contributed by atoms with E-state index < -0.39 is 0 Å². The van der Waals surface area contributed by atoms with Crippen molar-refractivity contribution in [3.05, 3.63) is 0 Å². The number of rotatable bonds is 8. The fourth-order valence-corrected chi connectivity index (χ4v) is 2.19. The molecule has 1 aliphatic carbocycles. The van der Waals surface area contributed by atoms with Gasteiger partial charge in [-0.15, -0.1) is 0 Å². The predicted molar refractivity (Wildman–Crippen MR) is 63.5 cm³/mol. The Kier molecular flexibility index (Phi) is 6.47. The SMILES string of the molecule is CCOC1CC(CC(=O)N(CCO)CCO)C1. The molecule has 0 aliphatic heterocycles. The highest BCUT2D eigenvalue weighted by Crippen LogP contribution is 2.33. The third-order valence-corrected chi connectivity index (χ3v) is 3.15. The predicted octanol–water partition coefficient (Wildman–Crippen LogP) is 0.00480. The summed E-state index contributed by atoms with van der Waals surface area (Å²) in [5.41, 5.74) is 0. The third-order valence-electron chi connectivity index (χ3n) is 3.15. The van der Waals surface area contributed by atoms with Gasteiger partial charge in [-0.25, -0.2) is 0 Å². The van der Waals surface area contributed by atoms with Gasteiger partial charge in [0.1, 0.15) is 0 Å². The summed E-state index contributed by atoms with van der Waals surface area (Å²) in [4.78, 5) is 13.4. The number of amides is 1. The zero-order valence-corrected chi connectivity index (χ0v) is 10.5. The van der Waals surface area contributed by atoms with Gasteiger partial charge in [0.05, 0.1) is 19.3 Å². The summed E-state index contributed by atoms with van der Waals surface area (Å²) in [6.07, 6.45) is 2.72. The number of hydrogen-bond acceptors (Lipinski definition) is 4. The topological polar surface area (TPSA) is 70.0 Å². The van der Waals surface area contributed by atoms with Gasteiger partial charge in [0.15, 0.2) is 0 Å². The van der Waals surface area contributed by atoms with E-state index >= 15 is 0 Å². The van der Waals surface area contributed by atoms with Crippen LogP contribution in [0.25, 0.3) is 0 Å². The van der Waals surface area contributed by atoms with E-state index in [0.29, 0.717) is 31.5 Å². The first-order valence-electron chi connectivity index (χ1n) is 6.32. The molecule has 1 saturated carbocycles. The molecule has 100 valence electrons. The van der Waals surface area contributed by atoms with Crippen molar-refractivity contribution in [2.75, 3.05) is 32.9 Å². The zero-order valence-electron chi connectivity index (χ0n) is 10.5. The van der Waals surface area contributed by atoms with Gasteiger partial charge in [-0.3, -0.25) is 4.79 Å². The molecule has 0 heterocycles. The molecule has 1 fully saturated rings. The van der Waals surface area contributed by atoms with Crippen LogP contribution < -0.4 is 0 Å². The second-order valence-electron chi connectivity index (χ2n) is 4.45. The monoisotopic (exact) mass is 245 g/mol. The lowest BCUT2D eigenvalue weighted by Crippen LogP contribution is -2.40. The van der Waals surface area contributed by atoms with Gasteiger partial charge in [0.2, 0.25) is 5.91 Å². The Morgan fingerprint density at radius 3 is 2.35 bits per heavy atom. The molecule has 5 nitrogen and oxygen atoms in total. The molecule has 0 bridgehead atoms. The van der Waals surface area contributed by atoms with E-state index in [1.165, 1.54) is 4.90 Å². The first-order chi connectivity index (χ1) is 8.21. The van der Waals surface area contributed by atoms with Crippen LogP contribution in [0.3, 0.4) is 0 Å². The van der Waals surface area contributed by atoms with E-state index in [9.17, 15) is 4.79 Å².